The van der Waals surface area contributed by atoms with E-state index < -0.39 is 0 Å². The molecule has 0 rings (SSSR count). The maximum atomic E-state index is 8.70. The van der Waals surface area contributed by atoms with Gasteiger partial charge in [-0.2, -0.15) is 9.59 Å². The quantitative estimate of drug-likeness (QED) is 0.258. The molecule has 0 amide bonds. The molecule has 0 radical (unpaired) electrons. The fourth-order valence-electron chi connectivity index (χ4n) is 0. The first kappa shape index (κ1) is 11.2. The summed E-state index contributed by atoms with van der Waals surface area (Å²) in [6, 6.07) is 0. The van der Waals surface area contributed by atoms with Crippen molar-refractivity contribution in [3.63, 3.8) is 0 Å². The lowest BCUT2D eigenvalue weighted by atomic mass is 11.7. The third-order valence-electron chi connectivity index (χ3n) is 0.0430. The van der Waals surface area contributed by atoms with Crippen molar-refractivity contribution in [2.75, 3.05) is 0 Å². The first-order valence-electron chi connectivity index (χ1n) is 1.69. The molecule has 5 nitrogen and oxygen atoms in total. The van der Waals surface area contributed by atoms with Gasteiger partial charge in [0.15, 0.2) is 0 Å². The van der Waals surface area contributed by atoms with Crippen molar-refractivity contribution in [2.45, 2.75) is 0 Å². The van der Waals surface area contributed by atoms with Gasteiger partial charge >= 0.3 is 12.6 Å². The Bertz CT molecular complexity index is 105. The Morgan fingerprint density at radius 3 is 2.11 bits per heavy atom. The second kappa shape index (κ2) is 54.1. The fourth-order valence-corrected chi connectivity index (χ4v) is 0. The van der Waals surface area contributed by atoms with Crippen LogP contribution in [0.3, 0.4) is 0 Å². The molecule has 0 heterocycles. The minimum Gasteiger partial charge on any atom is -0.304 e. The predicted octanol–water partition coefficient (Wildman–Crippen LogP) is -0.114. The highest BCUT2D eigenvalue weighted by atomic mass is 32.4. The summed E-state index contributed by atoms with van der Waals surface area (Å²) in [5.74, 6) is 0. The molecule has 0 aromatic rings. The highest BCUT2D eigenvalue weighted by molar-refractivity contribution is 7.88. The Morgan fingerprint density at radius 2 is 2.11 bits per heavy atom. The topological polar surface area (TPSA) is 80.7 Å². The summed E-state index contributed by atoms with van der Waals surface area (Å²) in [6.45, 7) is -0.0694. The van der Waals surface area contributed by atoms with Crippen molar-refractivity contribution in [1.82, 2.24) is 0 Å². The van der Waals surface area contributed by atoms with Gasteiger partial charge in [0.2, 0.25) is 0 Å². The molecule has 0 aromatic heterocycles. The maximum Gasteiger partial charge on any atom is 0.373 e. The van der Waals surface area contributed by atoms with Crippen LogP contribution in [-0.2, 0) is 31.1 Å². The van der Waals surface area contributed by atoms with Crippen molar-refractivity contribution in [1.29, 1.82) is 1.28 Å². The number of rotatable bonds is 1. The second-order valence-electron chi connectivity index (χ2n) is 0.285. The molecule has 0 spiro atoms. The lowest BCUT2D eigenvalue weighted by Gasteiger charge is -1.63. The van der Waals surface area contributed by atoms with Crippen LogP contribution in [0.25, 0.3) is 0 Å². The van der Waals surface area contributed by atoms with Crippen LogP contribution < -0.4 is 0 Å². The van der Waals surface area contributed by atoms with E-state index in [1.165, 1.54) is 0 Å². The number of hydrogen-bond acceptors (Lipinski definition) is 6. The average molecular weight is 174 g/mol. The van der Waals surface area contributed by atoms with Gasteiger partial charge in [0.05, 0.1) is 0 Å². The highest BCUT2D eigenvalue weighted by Crippen LogP contribution is 1.33. The minimum absolute atomic E-state index is 0. The number of hydrogen-bond donors (Lipinski definition) is 1. The maximum absolute atomic E-state index is 8.70. The largest absolute Gasteiger partial charge is 0.373 e. The molecule has 1 N–H and O–H groups in total. The molecule has 0 aliphatic rings. The Hall–Kier alpha value is -0.670. The highest BCUT2D eigenvalue weighted by Gasteiger charge is 1.47. The second-order valence-corrected chi connectivity index (χ2v) is 0.285. The van der Waals surface area contributed by atoms with E-state index in [9.17, 15) is 0 Å². The standard InChI is InChI=1S/CH2O3.CO2.HPS.H2/c2-1-4-3;2-1-3;1-2;/h1,3H;;1H;1H/i;;1T;. The van der Waals surface area contributed by atoms with Gasteiger partial charge in [-0.15, -0.1) is 0 Å². The zero-order chi connectivity index (χ0) is 8.83. The van der Waals surface area contributed by atoms with Crippen LogP contribution in [0.2, 0.25) is 0 Å². The Labute approximate surface area is 60.6 Å². The summed E-state index contributed by atoms with van der Waals surface area (Å²) < 4.78 is 6.00. The summed E-state index contributed by atoms with van der Waals surface area (Å²) >= 11 is 4.03. The molecule has 7 heteroatoms. The molecule has 0 aliphatic carbocycles. The summed E-state index contributed by atoms with van der Waals surface area (Å²) in [6.07, 6.45) is 0.250. The molecular weight excluding hydrogens is 167 g/mol. The van der Waals surface area contributed by atoms with Crippen molar-refractivity contribution in [3.8, 4) is 0 Å². The first-order chi connectivity index (χ1) is 4.74. The molecule has 0 fully saturated rings. The van der Waals surface area contributed by atoms with Crippen LogP contribution >= 0.6 is 7.96 Å². The van der Waals surface area contributed by atoms with Crippen molar-refractivity contribution >= 4 is 32.4 Å². The summed E-state index contributed by atoms with van der Waals surface area (Å²) in [5, 5.41) is 7.01. The van der Waals surface area contributed by atoms with Crippen LogP contribution in [0.1, 0.15) is 1.43 Å². The Morgan fingerprint density at radius 1 is 2.00 bits per heavy atom. The van der Waals surface area contributed by atoms with E-state index in [1.54, 1.807) is 0 Å². The normalized spacial score (nSPS) is 5.67. The minimum atomic E-state index is -0.0694. The molecule has 0 aromatic carbocycles. The molecule has 0 bridgehead atoms. The van der Waals surface area contributed by atoms with Crippen LogP contribution in [0, 0.1) is 0 Å². The average Bonchev–Trinajstić information content (AvgIpc) is 1.91. The predicted molar refractivity (Wildman–Crippen MR) is 32.6 cm³/mol. The third-order valence-corrected chi connectivity index (χ3v) is 0.0430. The molecule has 0 atom stereocenters. The van der Waals surface area contributed by atoms with E-state index in [1.807, 2.05) is 0 Å². The van der Waals surface area contributed by atoms with Crippen LogP contribution in [0.4, 0.5) is 0 Å². The van der Waals surface area contributed by atoms with E-state index in [-0.39, 0.29) is 22.0 Å². The summed E-state index contributed by atoms with van der Waals surface area (Å²) in [7, 11) is 0.250. The van der Waals surface area contributed by atoms with E-state index in [0.717, 1.165) is 0 Å². The van der Waals surface area contributed by atoms with Crippen LogP contribution in [0.15, 0.2) is 0 Å². The number of carbonyl (C=O) groups is 1. The van der Waals surface area contributed by atoms with E-state index in [4.69, 9.17) is 20.9 Å². The fraction of sp³-hybridized carbons (Fsp3) is 0. The van der Waals surface area contributed by atoms with Gasteiger partial charge in [0, 0.05) is 1.43 Å². The van der Waals surface area contributed by atoms with Crippen molar-refractivity contribution in [3.05, 3.63) is 0 Å². The van der Waals surface area contributed by atoms with Gasteiger partial charge in [-0.3, -0.25) is 4.79 Å². The lowest BCUT2D eigenvalue weighted by Crippen LogP contribution is -1.69. The molecule has 0 aliphatic heterocycles. The lowest BCUT2D eigenvalue weighted by molar-refractivity contribution is -0.217. The number of carbonyl (C=O) groups excluding carboxylic acids is 3. The smallest absolute Gasteiger partial charge is 0.304 e. The monoisotopic (exact) mass is 174 g/mol. The van der Waals surface area contributed by atoms with Crippen molar-refractivity contribution < 1.29 is 26.0 Å². The van der Waals surface area contributed by atoms with Gasteiger partial charge in [-0.25, -0.2) is 5.26 Å². The van der Waals surface area contributed by atoms with E-state index in [0.29, 0.717) is 0 Å². The van der Waals surface area contributed by atoms with Gasteiger partial charge < -0.3 is 4.89 Å². The molecule has 54 valence electrons. The Balaban J connectivity index is -0.0000000325. The zero-order valence-electron chi connectivity index (χ0n) is 5.01. The molecule has 9 heavy (non-hydrogen) atoms. The van der Waals surface area contributed by atoms with E-state index in [2.05, 4.69) is 16.7 Å². The Kier molecular flexibility index (Phi) is 67.1. The van der Waals surface area contributed by atoms with Gasteiger partial charge in [0.25, 0.3) is 0 Å². The van der Waals surface area contributed by atoms with Crippen molar-refractivity contribution in [2.24, 2.45) is 0 Å². The molecule has 0 unspecified atom stereocenters. The van der Waals surface area contributed by atoms with Gasteiger partial charge in [-0.1, -0.05) is 11.8 Å². The molecular formula is C2H5O5PS. The molecule has 0 saturated heterocycles. The van der Waals surface area contributed by atoms with Gasteiger partial charge in [-0.05, 0) is 7.96 Å². The first-order valence-corrected chi connectivity index (χ1v) is 2.71. The molecule has 0 saturated carbocycles. The van der Waals surface area contributed by atoms with Crippen LogP contribution in [0.5, 0.6) is 0 Å². The van der Waals surface area contributed by atoms with E-state index >= 15 is 0 Å². The summed E-state index contributed by atoms with van der Waals surface area (Å²) in [5.41, 5.74) is 0. The zero-order valence-corrected chi connectivity index (χ0v) is 5.72. The SMILES string of the molecule is O=C=O.O=COO.[3H]P=S.[HH]. The third kappa shape index (κ3) is 1910. The van der Waals surface area contributed by atoms with Gasteiger partial charge in [0.1, 0.15) is 1.28 Å². The van der Waals surface area contributed by atoms with Crippen LogP contribution in [-0.4, -0.2) is 19.2 Å². The summed E-state index contributed by atoms with van der Waals surface area (Å²) in [4.78, 5) is 27.8.